The van der Waals surface area contributed by atoms with Crippen LogP contribution < -0.4 is 11.5 Å². The molecule has 5 N–H and O–H groups in total. The van der Waals surface area contributed by atoms with E-state index in [0.29, 0.717) is 37.1 Å². The Labute approximate surface area is 305 Å². The lowest BCUT2D eigenvalue weighted by atomic mass is 9.96. The maximum Gasteiger partial charge on any atom is 0.309 e. The summed E-state index contributed by atoms with van der Waals surface area (Å²) in [5, 5.41) is 10.4. The van der Waals surface area contributed by atoms with Crippen molar-refractivity contribution >= 4 is 159 Å². The van der Waals surface area contributed by atoms with Gasteiger partial charge in [0.15, 0.2) is 0 Å². The third kappa shape index (κ3) is 9.68. The molecule has 0 saturated heterocycles. The Balaban J connectivity index is 1.92. The third-order valence-corrected chi connectivity index (χ3v) is 12.2. The Morgan fingerprint density at radius 3 is 1.39 bits per heavy atom. The first-order valence-corrected chi connectivity index (χ1v) is 18.1. The zero-order valence-corrected chi connectivity index (χ0v) is 33.6. The molecule has 0 amide bonds. The molecule has 210 valence electrons. The molecule has 13 heteroatoms. The molecule has 0 aliphatic carbocycles. The average Bonchev–Trinajstić information content (AvgIpc) is 2.88. The van der Waals surface area contributed by atoms with E-state index in [1.807, 2.05) is 26.0 Å². The molecule has 0 spiro atoms. The minimum Gasteiger partial charge on any atom is -0.463 e. The average molecular weight is 1200 g/mol. The smallest absolute Gasteiger partial charge is 0.309 e. The minimum atomic E-state index is -1.11. The van der Waals surface area contributed by atoms with Crippen molar-refractivity contribution in [3.05, 3.63) is 44.7 Å². The lowest BCUT2D eigenvalue weighted by molar-refractivity contribution is -0.157. The molecule has 0 saturated carbocycles. The van der Waals surface area contributed by atoms with Crippen molar-refractivity contribution in [2.24, 2.45) is 11.8 Å². The summed E-state index contributed by atoms with van der Waals surface area (Å²) in [6.07, 6.45) is 1.05. The van der Waals surface area contributed by atoms with E-state index < -0.39 is 18.0 Å². The van der Waals surface area contributed by atoms with Gasteiger partial charge in [-0.25, -0.2) is 0 Å². The Kier molecular flexibility index (Phi) is 15.7. The third-order valence-electron chi connectivity index (χ3n) is 5.99. The molecule has 0 aromatic heterocycles. The van der Waals surface area contributed by atoms with Crippen LogP contribution in [0.15, 0.2) is 12.1 Å². The number of nitrogen functional groups attached to an aromatic ring is 2. The highest BCUT2D eigenvalue weighted by Crippen LogP contribution is 2.33. The first-order chi connectivity index (χ1) is 17.8. The quantitative estimate of drug-likeness (QED) is 0.122. The Hall–Kier alpha value is 1.32. The predicted octanol–water partition coefficient (Wildman–Crippen LogP) is 6.76. The number of esters is 2. The van der Waals surface area contributed by atoms with E-state index in [1.165, 1.54) is 0 Å². The number of benzene rings is 2. The second-order valence-corrected chi connectivity index (χ2v) is 15.4. The zero-order chi connectivity index (χ0) is 28.7. The molecule has 0 fully saturated rings. The number of rotatable bonds is 12. The van der Waals surface area contributed by atoms with Crippen molar-refractivity contribution < 1.29 is 24.2 Å². The predicted molar refractivity (Wildman–Crippen MR) is 201 cm³/mol. The maximum atomic E-state index is 12.8. The van der Waals surface area contributed by atoms with Gasteiger partial charge in [0.25, 0.3) is 0 Å². The number of hydrogen-bond acceptors (Lipinski definition) is 7. The van der Waals surface area contributed by atoms with Gasteiger partial charge in [-0.2, -0.15) is 0 Å². The number of nitrogens with two attached hydrogens (primary N) is 2. The number of halogens is 6. The summed E-state index contributed by atoms with van der Waals surface area (Å²) in [6.45, 7) is 3.36. The molecule has 0 bridgehead atoms. The summed E-state index contributed by atoms with van der Waals surface area (Å²) >= 11 is 13.4. The second kappa shape index (κ2) is 16.8. The van der Waals surface area contributed by atoms with Crippen molar-refractivity contribution in [1.82, 2.24) is 0 Å². The van der Waals surface area contributed by atoms with E-state index in [-0.39, 0.29) is 25.0 Å². The molecule has 0 aliphatic heterocycles. The lowest BCUT2D eigenvalue weighted by Gasteiger charge is -2.20. The lowest BCUT2D eigenvalue weighted by Crippen LogP contribution is -2.30. The topological polar surface area (TPSA) is 125 Å². The van der Waals surface area contributed by atoms with Crippen LogP contribution in [-0.2, 0) is 31.9 Å². The van der Waals surface area contributed by atoms with Gasteiger partial charge < -0.3 is 26.0 Å². The molecule has 0 heterocycles. The Morgan fingerprint density at radius 1 is 0.737 bits per heavy atom. The molecule has 2 rings (SSSR count). The maximum absolute atomic E-state index is 12.8. The number of anilines is 2. The summed E-state index contributed by atoms with van der Waals surface area (Å²) < 4.78 is 16.7. The van der Waals surface area contributed by atoms with Crippen molar-refractivity contribution in [3.63, 3.8) is 0 Å². The number of hydrogen-bond donors (Lipinski definition) is 3. The number of aliphatic hydroxyl groups excluding tert-OH is 1. The zero-order valence-electron chi connectivity index (χ0n) is 20.6. The van der Waals surface area contributed by atoms with Crippen molar-refractivity contribution in [1.29, 1.82) is 0 Å². The van der Waals surface area contributed by atoms with Crippen LogP contribution in [0.2, 0.25) is 0 Å². The van der Waals surface area contributed by atoms with E-state index in [9.17, 15) is 14.7 Å². The summed E-state index contributed by atoms with van der Waals surface area (Å²) in [7, 11) is 0. The van der Waals surface area contributed by atoms with Gasteiger partial charge in [0.1, 0.15) is 19.3 Å². The van der Waals surface area contributed by atoms with Crippen LogP contribution >= 0.6 is 136 Å². The van der Waals surface area contributed by atoms with Crippen LogP contribution in [0.3, 0.4) is 0 Å². The largest absolute Gasteiger partial charge is 0.463 e. The van der Waals surface area contributed by atoms with Crippen molar-refractivity contribution in [2.75, 3.05) is 24.7 Å². The first kappa shape index (κ1) is 35.5. The van der Waals surface area contributed by atoms with Gasteiger partial charge in [-0.05, 0) is 184 Å². The number of carbonyl (C=O) groups is 2. The van der Waals surface area contributed by atoms with E-state index >= 15 is 0 Å². The summed E-state index contributed by atoms with van der Waals surface area (Å²) in [5.74, 6) is -1.54. The fourth-order valence-electron chi connectivity index (χ4n) is 3.59. The summed E-state index contributed by atoms with van der Waals surface area (Å²) in [6, 6.07) is 4.01. The molecule has 2 aromatic carbocycles. The first-order valence-electron chi connectivity index (χ1n) is 11.7. The summed E-state index contributed by atoms with van der Waals surface area (Å²) in [4.78, 5) is 25.6. The molecular weight excluding hydrogens is 1170 g/mol. The minimum absolute atomic E-state index is 0.244. The number of ether oxygens (including phenoxy) is 2. The molecule has 7 nitrogen and oxygen atoms in total. The fourth-order valence-corrected chi connectivity index (χ4v) is 11.2. The normalized spacial score (nSPS) is 13.6. The van der Waals surface area contributed by atoms with Crippen LogP contribution in [0.1, 0.15) is 37.8 Å². The van der Waals surface area contributed by atoms with E-state index in [1.54, 1.807) is 0 Å². The molecule has 0 radical (unpaired) electrons. The summed E-state index contributed by atoms with van der Waals surface area (Å²) in [5.41, 5.74) is 15.8. The van der Waals surface area contributed by atoms with Crippen LogP contribution in [0.25, 0.3) is 0 Å². The number of aliphatic hydroxyl groups is 1. The van der Waals surface area contributed by atoms with Crippen molar-refractivity contribution in [3.8, 4) is 0 Å². The van der Waals surface area contributed by atoms with Crippen LogP contribution in [-0.4, -0.2) is 36.4 Å². The van der Waals surface area contributed by atoms with Gasteiger partial charge >= 0.3 is 11.9 Å². The Bertz CT molecular complexity index is 1090. The molecule has 2 aromatic rings. The Morgan fingerprint density at radius 2 is 1.08 bits per heavy atom. The number of carbonyl (C=O) groups excluding carboxylic acids is 2. The standard InChI is InChI=1S/C25H28I6N2O5/c1-3-11(5-14-16(26)7-18(28)22(32)20(14)30)24(35)37-9-13(34)10-38-25(36)12(4-2)6-15-17(27)8-19(29)23(33)21(15)31/h7-8,11-13,34H,3-6,9-10,32-33H2,1-2H3. The highest BCUT2D eigenvalue weighted by molar-refractivity contribution is 14.1. The molecule has 0 aliphatic rings. The molecular formula is C25H28I6N2O5. The molecule has 2 atom stereocenters. The van der Waals surface area contributed by atoms with Crippen LogP contribution in [0, 0.1) is 33.3 Å². The van der Waals surface area contributed by atoms with E-state index in [2.05, 4.69) is 136 Å². The van der Waals surface area contributed by atoms with Gasteiger partial charge in [0.2, 0.25) is 0 Å². The van der Waals surface area contributed by atoms with Gasteiger partial charge in [0, 0.05) is 21.4 Å². The van der Waals surface area contributed by atoms with Gasteiger partial charge in [-0.3, -0.25) is 9.59 Å². The SMILES string of the molecule is CCC(Cc1c(I)cc(I)c(N)c1I)C(=O)OCC(O)COC(=O)C(CC)Cc1c(I)cc(I)c(N)c1I. The van der Waals surface area contributed by atoms with Gasteiger partial charge in [0.05, 0.1) is 23.2 Å². The molecule has 2 unspecified atom stereocenters. The highest BCUT2D eigenvalue weighted by atomic mass is 127. The van der Waals surface area contributed by atoms with Crippen LogP contribution in [0.5, 0.6) is 0 Å². The van der Waals surface area contributed by atoms with Crippen molar-refractivity contribution in [2.45, 2.75) is 45.6 Å². The monoisotopic (exact) mass is 1200 g/mol. The van der Waals surface area contributed by atoms with E-state index in [0.717, 1.165) is 32.5 Å². The second-order valence-electron chi connectivity index (χ2n) is 8.63. The van der Waals surface area contributed by atoms with Crippen LogP contribution in [0.4, 0.5) is 11.4 Å². The van der Waals surface area contributed by atoms with E-state index in [4.69, 9.17) is 20.9 Å². The highest BCUT2D eigenvalue weighted by Gasteiger charge is 2.26. The van der Waals surface area contributed by atoms with Gasteiger partial charge in [-0.15, -0.1) is 0 Å². The van der Waals surface area contributed by atoms with Gasteiger partial charge in [-0.1, -0.05) is 13.8 Å². The fraction of sp³-hybridized carbons (Fsp3) is 0.440. The molecule has 38 heavy (non-hydrogen) atoms.